The Labute approximate surface area is 131 Å². The highest BCUT2D eigenvalue weighted by Crippen LogP contribution is 2.29. The fraction of sp³-hybridized carbons (Fsp3) is 0.688. The number of hydrogen-bond acceptors (Lipinski definition) is 5. The van der Waals surface area contributed by atoms with Crippen LogP contribution in [0.2, 0.25) is 0 Å². The minimum absolute atomic E-state index is 0.199. The minimum Gasteiger partial charge on any atom is -0.370 e. The number of carbonyl (C=O) groups is 1. The Bertz CT molecular complexity index is 517. The highest BCUT2D eigenvalue weighted by Gasteiger charge is 2.23. The van der Waals surface area contributed by atoms with Crippen LogP contribution in [-0.2, 0) is 4.79 Å². The van der Waals surface area contributed by atoms with Gasteiger partial charge in [0, 0.05) is 32.2 Å². The third-order valence-corrected chi connectivity index (χ3v) is 4.27. The Hall–Kier alpha value is -1.85. The molecule has 1 N–H and O–H groups in total. The summed E-state index contributed by atoms with van der Waals surface area (Å²) in [4.78, 5) is 25.0. The summed E-state index contributed by atoms with van der Waals surface area (Å²) in [5.41, 5.74) is 0. The smallest absolute Gasteiger partial charge is 0.242 e. The van der Waals surface area contributed by atoms with E-state index in [1.165, 1.54) is 12.8 Å². The lowest BCUT2D eigenvalue weighted by Crippen LogP contribution is -2.37. The molecule has 2 fully saturated rings. The topological polar surface area (TPSA) is 61.4 Å². The van der Waals surface area contributed by atoms with Crippen molar-refractivity contribution < 1.29 is 4.79 Å². The number of nitrogens with one attached hydrogen (secondary N) is 1. The molecule has 1 saturated heterocycles. The first-order chi connectivity index (χ1) is 10.8. The number of amides is 1. The Balaban J connectivity index is 1.64. The SMILES string of the molecule is CCCN1CCCN(c2cc(NCC3CC3)ncn2)CC1=O. The number of hydrogen-bond donors (Lipinski definition) is 1. The lowest BCUT2D eigenvalue weighted by Gasteiger charge is -2.22. The average Bonchev–Trinajstić information content (AvgIpc) is 3.36. The van der Waals surface area contributed by atoms with Crippen LogP contribution in [-0.4, -0.2) is 53.5 Å². The Morgan fingerprint density at radius 2 is 2.18 bits per heavy atom. The van der Waals surface area contributed by atoms with Gasteiger partial charge in [-0.1, -0.05) is 6.92 Å². The fourth-order valence-corrected chi connectivity index (χ4v) is 2.81. The lowest BCUT2D eigenvalue weighted by atomic mass is 10.3. The van der Waals surface area contributed by atoms with Gasteiger partial charge in [-0.05, 0) is 31.6 Å². The maximum absolute atomic E-state index is 12.3. The second-order valence-electron chi connectivity index (χ2n) is 6.24. The van der Waals surface area contributed by atoms with Crippen molar-refractivity contribution in [2.45, 2.75) is 32.6 Å². The van der Waals surface area contributed by atoms with Gasteiger partial charge < -0.3 is 15.1 Å². The molecule has 1 amide bonds. The molecule has 3 rings (SSSR count). The molecule has 1 aromatic heterocycles. The second kappa shape index (κ2) is 6.94. The van der Waals surface area contributed by atoms with Crippen LogP contribution >= 0.6 is 0 Å². The molecule has 0 aromatic carbocycles. The van der Waals surface area contributed by atoms with E-state index in [4.69, 9.17) is 0 Å². The van der Waals surface area contributed by atoms with Gasteiger partial charge in [-0.25, -0.2) is 9.97 Å². The molecular weight excluding hydrogens is 278 g/mol. The molecule has 0 bridgehead atoms. The first kappa shape index (κ1) is 15.1. The third-order valence-electron chi connectivity index (χ3n) is 4.27. The largest absolute Gasteiger partial charge is 0.370 e. The minimum atomic E-state index is 0.199. The predicted molar refractivity (Wildman–Crippen MR) is 86.9 cm³/mol. The predicted octanol–water partition coefficient (Wildman–Crippen LogP) is 1.75. The quantitative estimate of drug-likeness (QED) is 0.867. The van der Waals surface area contributed by atoms with E-state index in [-0.39, 0.29) is 5.91 Å². The number of rotatable bonds is 6. The van der Waals surface area contributed by atoms with Crippen LogP contribution in [0, 0.1) is 5.92 Å². The number of nitrogens with zero attached hydrogens (tertiary/aromatic N) is 4. The summed E-state index contributed by atoms with van der Waals surface area (Å²) in [5, 5.41) is 3.37. The molecule has 0 radical (unpaired) electrons. The molecular formula is C16H25N5O. The van der Waals surface area contributed by atoms with Gasteiger partial charge in [-0.2, -0.15) is 0 Å². The van der Waals surface area contributed by atoms with Crippen LogP contribution in [0.15, 0.2) is 12.4 Å². The molecule has 0 atom stereocenters. The standard InChI is InChI=1S/C16H25N5O/c1-2-6-20-7-3-8-21(11-16(20)22)15-9-14(18-12-19-15)17-10-13-4-5-13/h9,12-13H,2-8,10-11H2,1H3,(H,17,18,19). The van der Waals surface area contributed by atoms with E-state index >= 15 is 0 Å². The summed E-state index contributed by atoms with van der Waals surface area (Å²) < 4.78 is 0. The normalized spacial score (nSPS) is 19.2. The summed E-state index contributed by atoms with van der Waals surface area (Å²) in [5.74, 6) is 2.71. The second-order valence-corrected chi connectivity index (χ2v) is 6.24. The highest BCUT2D eigenvalue weighted by atomic mass is 16.2. The van der Waals surface area contributed by atoms with Gasteiger partial charge in [-0.15, -0.1) is 0 Å². The Morgan fingerprint density at radius 3 is 2.95 bits per heavy atom. The summed E-state index contributed by atoms with van der Waals surface area (Å²) in [6.45, 7) is 6.08. The maximum Gasteiger partial charge on any atom is 0.242 e. The number of aromatic nitrogens is 2. The van der Waals surface area contributed by atoms with E-state index in [9.17, 15) is 4.79 Å². The van der Waals surface area contributed by atoms with Crippen LogP contribution in [0.25, 0.3) is 0 Å². The monoisotopic (exact) mass is 303 g/mol. The molecule has 120 valence electrons. The summed E-state index contributed by atoms with van der Waals surface area (Å²) >= 11 is 0. The van der Waals surface area contributed by atoms with Gasteiger partial charge >= 0.3 is 0 Å². The van der Waals surface area contributed by atoms with E-state index in [0.717, 1.165) is 56.6 Å². The van der Waals surface area contributed by atoms with Crippen molar-refractivity contribution >= 4 is 17.5 Å². The van der Waals surface area contributed by atoms with E-state index < -0.39 is 0 Å². The Morgan fingerprint density at radius 1 is 1.32 bits per heavy atom. The van der Waals surface area contributed by atoms with Crippen molar-refractivity contribution in [3.63, 3.8) is 0 Å². The fourth-order valence-electron chi connectivity index (χ4n) is 2.81. The molecule has 0 spiro atoms. The zero-order valence-electron chi connectivity index (χ0n) is 13.3. The molecule has 2 aliphatic rings. The van der Waals surface area contributed by atoms with Gasteiger partial charge in [-0.3, -0.25) is 4.79 Å². The van der Waals surface area contributed by atoms with Crippen LogP contribution in [0.1, 0.15) is 32.6 Å². The van der Waals surface area contributed by atoms with E-state index in [1.807, 2.05) is 11.0 Å². The molecule has 6 nitrogen and oxygen atoms in total. The zero-order chi connectivity index (χ0) is 15.4. The number of carbonyl (C=O) groups excluding carboxylic acids is 1. The first-order valence-electron chi connectivity index (χ1n) is 8.35. The van der Waals surface area contributed by atoms with Gasteiger partial charge in [0.25, 0.3) is 0 Å². The van der Waals surface area contributed by atoms with Gasteiger partial charge in [0.2, 0.25) is 5.91 Å². The van der Waals surface area contributed by atoms with Gasteiger partial charge in [0.05, 0.1) is 6.54 Å². The zero-order valence-corrected chi connectivity index (χ0v) is 13.3. The van der Waals surface area contributed by atoms with Crippen molar-refractivity contribution in [3.05, 3.63) is 12.4 Å². The van der Waals surface area contributed by atoms with Crippen molar-refractivity contribution in [2.24, 2.45) is 5.92 Å². The third kappa shape index (κ3) is 3.87. The molecule has 1 saturated carbocycles. The lowest BCUT2D eigenvalue weighted by molar-refractivity contribution is -0.129. The van der Waals surface area contributed by atoms with Gasteiger partial charge in [0.1, 0.15) is 18.0 Å². The van der Waals surface area contributed by atoms with E-state index in [1.54, 1.807) is 6.33 Å². The van der Waals surface area contributed by atoms with Crippen LogP contribution < -0.4 is 10.2 Å². The molecule has 22 heavy (non-hydrogen) atoms. The van der Waals surface area contributed by atoms with Crippen LogP contribution in [0.5, 0.6) is 0 Å². The molecule has 1 aliphatic heterocycles. The average molecular weight is 303 g/mol. The van der Waals surface area contributed by atoms with E-state index in [0.29, 0.717) is 6.54 Å². The molecule has 2 heterocycles. The molecule has 6 heteroatoms. The summed E-state index contributed by atoms with van der Waals surface area (Å²) in [6.07, 6.45) is 6.22. The van der Waals surface area contributed by atoms with Crippen molar-refractivity contribution in [3.8, 4) is 0 Å². The van der Waals surface area contributed by atoms with E-state index in [2.05, 4.69) is 27.1 Å². The molecule has 1 aliphatic carbocycles. The number of anilines is 2. The molecule has 1 aromatic rings. The first-order valence-corrected chi connectivity index (χ1v) is 8.35. The summed E-state index contributed by atoms with van der Waals surface area (Å²) in [7, 11) is 0. The van der Waals surface area contributed by atoms with Crippen molar-refractivity contribution in [1.82, 2.24) is 14.9 Å². The summed E-state index contributed by atoms with van der Waals surface area (Å²) in [6, 6.07) is 1.96. The Kier molecular flexibility index (Phi) is 4.75. The van der Waals surface area contributed by atoms with Crippen molar-refractivity contribution in [1.29, 1.82) is 0 Å². The van der Waals surface area contributed by atoms with Crippen LogP contribution in [0.3, 0.4) is 0 Å². The van der Waals surface area contributed by atoms with Crippen LogP contribution in [0.4, 0.5) is 11.6 Å². The maximum atomic E-state index is 12.3. The highest BCUT2D eigenvalue weighted by molar-refractivity contribution is 5.81. The van der Waals surface area contributed by atoms with Gasteiger partial charge in [0.15, 0.2) is 0 Å². The van der Waals surface area contributed by atoms with Crippen molar-refractivity contribution in [2.75, 3.05) is 42.9 Å². The molecule has 0 unspecified atom stereocenters.